The van der Waals surface area contributed by atoms with Crippen molar-refractivity contribution in [3.63, 3.8) is 0 Å². The second-order valence-corrected chi connectivity index (χ2v) is 0.901. The van der Waals surface area contributed by atoms with Gasteiger partial charge in [-0.05, 0) is 0 Å². The fourth-order valence-corrected chi connectivity index (χ4v) is 0.148. The van der Waals surface area contributed by atoms with Crippen LogP contribution in [0.5, 0.6) is 0 Å². The van der Waals surface area contributed by atoms with Crippen LogP contribution < -0.4 is 5.48 Å². The first-order chi connectivity index (χ1) is 2.91. The van der Waals surface area contributed by atoms with Crippen molar-refractivity contribution in [2.75, 3.05) is 20.3 Å². The van der Waals surface area contributed by atoms with E-state index in [9.17, 15) is 0 Å². The van der Waals surface area contributed by atoms with Crippen molar-refractivity contribution in [1.29, 1.82) is 0 Å². The van der Waals surface area contributed by atoms with Crippen LogP contribution in [-0.4, -0.2) is 25.5 Å². The Morgan fingerprint density at radius 2 is 2.29 bits per heavy atom. The molecule has 3 nitrogen and oxygen atoms in total. The zero-order valence-corrected chi connectivity index (χ0v) is 4.99. The summed E-state index contributed by atoms with van der Waals surface area (Å²) in [5, 5.41) is 7.87. The van der Waals surface area contributed by atoms with E-state index >= 15 is 0 Å². The first-order valence-electron chi connectivity index (χ1n) is 1.77. The van der Waals surface area contributed by atoms with Crippen LogP contribution in [0.25, 0.3) is 0 Å². The summed E-state index contributed by atoms with van der Waals surface area (Å²) in [5.74, 6) is 0. The minimum absolute atomic E-state index is 0. The van der Waals surface area contributed by atoms with Crippen LogP contribution in [0.15, 0.2) is 0 Å². The Labute approximate surface area is 49.0 Å². The molecule has 0 rings (SSSR count). The van der Waals surface area contributed by atoms with Gasteiger partial charge in [0.1, 0.15) is 0 Å². The van der Waals surface area contributed by atoms with E-state index in [1.807, 2.05) is 5.48 Å². The first kappa shape index (κ1) is 10.2. The molecule has 0 aliphatic carbocycles. The van der Waals surface area contributed by atoms with E-state index in [0.717, 1.165) is 0 Å². The summed E-state index contributed by atoms with van der Waals surface area (Å²) < 4.78 is 4.56. The van der Waals surface area contributed by atoms with Crippen molar-refractivity contribution in [2.24, 2.45) is 0 Å². The molecular formula is C3H10ClNO2. The molecule has 0 aromatic heterocycles. The molecule has 0 radical (unpaired) electrons. The van der Waals surface area contributed by atoms with E-state index in [-0.39, 0.29) is 12.4 Å². The molecule has 0 aromatic rings. The summed E-state index contributed by atoms with van der Waals surface area (Å²) in [6.07, 6.45) is 0. The molecule has 0 unspecified atom stereocenters. The van der Waals surface area contributed by atoms with Crippen molar-refractivity contribution in [3.8, 4) is 0 Å². The third kappa shape index (κ3) is 10.7. The Bertz CT molecular complexity index is 24.9. The van der Waals surface area contributed by atoms with Crippen LogP contribution in [0.2, 0.25) is 0 Å². The van der Waals surface area contributed by atoms with Gasteiger partial charge in [0.05, 0.1) is 6.61 Å². The topological polar surface area (TPSA) is 41.5 Å². The standard InChI is InChI=1S/C3H9NO2.ClH/c1-6-3-2-4-5;/h4-5H,2-3H2,1H3;1H. The van der Waals surface area contributed by atoms with Gasteiger partial charge < -0.3 is 9.94 Å². The lowest BCUT2D eigenvalue weighted by atomic mass is 10.7. The number of nitrogens with one attached hydrogen (secondary N) is 1. The molecule has 0 aliphatic rings. The SMILES string of the molecule is COCCNO.Cl. The van der Waals surface area contributed by atoms with E-state index in [4.69, 9.17) is 5.21 Å². The van der Waals surface area contributed by atoms with Gasteiger partial charge in [-0.25, -0.2) is 5.48 Å². The molecule has 0 spiro atoms. The van der Waals surface area contributed by atoms with Crippen LogP contribution in [-0.2, 0) is 4.74 Å². The Hall–Kier alpha value is 0.170. The second kappa shape index (κ2) is 9.48. The molecule has 0 heterocycles. The molecule has 0 fully saturated rings. The van der Waals surface area contributed by atoms with E-state index in [1.54, 1.807) is 7.11 Å². The van der Waals surface area contributed by atoms with E-state index < -0.39 is 0 Å². The highest BCUT2D eigenvalue weighted by Crippen LogP contribution is 1.57. The molecule has 0 atom stereocenters. The highest BCUT2D eigenvalue weighted by molar-refractivity contribution is 5.85. The number of hydrogen-bond acceptors (Lipinski definition) is 3. The van der Waals surface area contributed by atoms with Gasteiger partial charge in [0.15, 0.2) is 0 Å². The molecule has 46 valence electrons. The molecule has 0 saturated carbocycles. The second-order valence-electron chi connectivity index (χ2n) is 0.901. The summed E-state index contributed by atoms with van der Waals surface area (Å²) >= 11 is 0. The lowest BCUT2D eigenvalue weighted by molar-refractivity contribution is 0.118. The minimum Gasteiger partial charge on any atom is -0.383 e. The zero-order valence-electron chi connectivity index (χ0n) is 4.18. The van der Waals surface area contributed by atoms with Crippen molar-refractivity contribution in [2.45, 2.75) is 0 Å². The Morgan fingerprint density at radius 1 is 1.71 bits per heavy atom. The average Bonchev–Trinajstić information content (AvgIpc) is 1.61. The van der Waals surface area contributed by atoms with Gasteiger partial charge in [0.25, 0.3) is 0 Å². The summed E-state index contributed by atoms with van der Waals surface area (Å²) in [4.78, 5) is 0. The number of halogens is 1. The monoisotopic (exact) mass is 127 g/mol. The van der Waals surface area contributed by atoms with Crippen molar-refractivity contribution in [1.82, 2.24) is 5.48 Å². The van der Waals surface area contributed by atoms with E-state index in [2.05, 4.69) is 4.74 Å². The largest absolute Gasteiger partial charge is 0.383 e. The van der Waals surface area contributed by atoms with Crippen LogP contribution in [0.4, 0.5) is 0 Å². The molecular weight excluding hydrogens is 117 g/mol. The predicted octanol–water partition coefficient (Wildman–Crippen LogP) is 0.0334. The van der Waals surface area contributed by atoms with Gasteiger partial charge >= 0.3 is 0 Å². The zero-order chi connectivity index (χ0) is 4.83. The molecule has 0 amide bonds. The Morgan fingerprint density at radius 3 is 2.43 bits per heavy atom. The maximum absolute atomic E-state index is 7.87. The fraction of sp³-hybridized carbons (Fsp3) is 1.00. The van der Waals surface area contributed by atoms with E-state index in [0.29, 0.717) is 13.2 Å². The fourth-order valence-electron chi connectivity index (χ4n) is 0.148. The number of rotatable bonds is 3. The van der Waals surface area contributed by atoms with Crippen molar-refractivity contribution in [3.05, 3.63) is 0 Å². The van der Waals surface area contributed by atoms with E-state index in [1.165, 1.54) is 0 Å². The maximum Gasteiger partial charge on any atom is 0.0610 e. The molecule has 4 heteroatoms. The summed E-state index contributed by atoms with van der Waals surface area (Å²) in [6, 6.07) is 0. The lowest BCUT2D eigenvalue weighted by Crippen LogP contribution is -2.13. The minimum atomic E-state index is 0. The number of hydrogen-bond donors (Lipinski definition) is 2. The predicted molar refractivity (Wildman–Crippen MR) is 28.9 cm³/mol. The summed E-state index contributed by atoms with van der Waals surface area (Å²) in [5.41, 5.74) is 1.94. The number of methoxy groups -OCH3 is 1. The van der Waals surface area contributed by atoms with Crippen LogP contribution >= 0.6 is 12.4 Å². The van der Waals surface area contributed by atoms with Gasteiger partial charge in [0, 0.05) is 13.7 Å². The average molecular weight is 128 g/mol. The Kier molecular flexibility index (Phi) is 13.8. The smallest absolute Gasteiger partial charge is 0.0610 e. The summed E-state index contributed by atoms with van der Waals surface area (Å²) in [6.45, 7) is 1.05. The highest BCUT2D eigenvalue weighted by Gasteiger charge is 1.73. The number of ether oxygens (including phenoxy) is 1. The molecule has 0 aliphatic heterocycles. The molecule has 0 aromatic carbocycles. The van der Waals surface area contributed by atoms with Gasteiger partial charge in [0.2, 0.25) is 0 Å². The van der Waals surface area contributed by atoms with Gasteiger partial charge in [-0.2, -0.15) is 0 Å². The third-order valence-corrected chi connectivity index (χ3v) is 0.418. The maximum atomic E-state index is 7.87. The lowest BCUT2D eigenvalue weighted by Gasteiger charge is -1.91. The van der Waals surface area contributed by atoms with Gasteiger partial charge in [-0.1, -0.05) is 0 Å². The van der Waals surface area contributed by atoms with Crippen molar-refractivity contribution >= 4 is 12.4 Å². The molecule has 2 N–H and O–H groups in total. The highest BCUT2D eigenvalue weighted by atomic mass is 35.5. The quantitative estimate of drug-likeness (QED) is 0.415. The van der Waals surface area contributed by atoms with Crippen LogP contribution in [0, 0.1) is 0 Å². The summed E-state index contributed by atoms with van der Waals surface area (Å²) in [7, 11) is 1.58. The first-order valence-corrected chi connectivity index (χ1v) is 1.77. The van der Waals surface area contributed by atoms with Gasteiger partial charge in [-0.15, -0.1) is 12.4 Å². The molecule has 0 saturated heterocycles. The molecule has 0 bridgehead atoms. The van der Waals surface area contributed by atoms with Crippen LogP contribution in [0.3, 0.4) is 0 Å². The molecule has 7 heavy (non-hydrogen) atoms. The third-order valence-electron chi connectivity index (χ3n) is 0.418. The van der Waals surface area contributed by atoms with Crippen LogP contribution in [0.1, 0.15) is 0 Å². The van der Waals surface area contributed by atoms with Crippen molar-refractivity contribution < 1.29 is 9.94 Å². The Balaban J connectivity index is 0. The van der Waals surface area contributed by atoms with Gasteiger partial charge in [-0.3, -0.25) is 0 Å². The normalized spacial score (nSPS) is 7.71. The number of hydroxylamine groups is 1.